The van der Waals surface area contributed by atoms with Gasteiger partial charge in [-0.1, -0.05) is 0 Å². The van der Waals surface area contributed by atoms with Gasteiger partial charge in [0.2, 0.25) is 0 Å². The lowest BCUT2D eigenvalue weighted by Gasteiger charge is -2.21. The molecule has 136 valence electrons. The number of thiazole rings is 2. The summed E-state index contributed by atoms with van der Waals surface area (Å²) in [6, 6.07) is 7.87. The van der Waals surface area contributed by atoms with Crippen molar-refractivity contribution in [3.63, 3.8) is 0 Å². The zero-order valence-electron chi connectivity index (χ0n) is 14.3. The highest BCUT2D eigenvalue weighted by molar-refractivity contribution is 7.14. The van der Waals surface area contributed by atoms with E-state index in [2.05, 4.69) is 9.97 Å². The molecule has 3 aromatic heterocycles. The van der Waals surface area contributed by atoms with Gasteiger partial charge in [-0.3, -0.25) is 4.79 Å². The van der Waals surface area contributed by atoms with E-state index in [9.17, 15) is 9.18 Å². The number of amides is 1. The molecule has 4 nitrogen and oxygen atoms in total. The van der Waals surface area contributed by atoms with Crippen molar-refractivity contribution in [1.82, 2.24) is 9.97 Å². The number of carbonyl (C=O) groups is 1. The van der Waals surface area contributed by atoms with E-state index in [1.54, 1.807) is 33.7 Å². The van der Waals surface area contributed by atoms with Crippen molar-refractivity contribution in [2.24, 2.45) is 0 Å². The lowest BCUT2D eigenvalue weighted by Crippen LogP contribution is -2.30. The predicted octanol–water partition coefficient (Wildman–Crippen LogP) is 5.62. The molecule has 0 aliphatic rings. The van der Waals surface area contributed by atoms with Crippen LogP contribution < -0.4 is 4.90 Å². The lowest BCUT2D eigenvalue weighted by atomic mass is 10.2. The van der Waals surface area contributed by atoms with Crippen LogP contribution in [0.25, 0.3) is 10.6 Å². The summed E-state index contributed by atoms with van der Waals surface area (Å²) in [5, 5.41) is 9.42. The molecular weight excluding hydrogens is 401 g/mol. The third-order valence-corrected chi connectivity index (χ3v) is 6.26. The highest BCUT2D eigenvalue weighted by atomic mass is 32.1. The second-order valence-electron chi connectivity index (χ2n) is 5.78. The van der Waals surface area contributed by atoms with Crippen molar-refractivity contribution < 1.29 is 9.18 Å². The molecule has 0 aliphatic carbocycles. The first-order valence-corrected chi connectivity index (χ1v) is 10.8. The van der Waals surface area contributed by atoms with E-state index in [4.69, 9.17) is 0 Å². The van der Waals surface area contributed by atoms with Gasteiger partial charge < -0.3 is 4.90 Å². The molecule has 0 atom stereocenters. The summed E-state index contributed by atoms with van der Waals surface area (Å²) < 4.78 is 13.3. The zero-order chi connectivity index (χ0) is 18.8. The van der Waals surface area contributed by atoms with Crippen LogP contribution >= 0.6 is 34.0 Å². The number of nitrogens with zero attached hydrogens (tertiary/aromatic N) is 3. The molecular formula is C19H14FN3OS3. The normalized spacial score (nSPS) is 10.9. The number of rotatable bonds is 5. The molecule has 27 heavy (non-hydrogen) atoms. The van der Waals surface area contributed by atoms with E-state index in [1.165, 1.54) is 34.8 Å². The van der Waals surface area contributed by atoms with E-state index in [0.717, 1.165) is 21.3 Å². The molecule has 0 saturated carbocycles. The molecule has 0 aliphatic heterocycles. The number of aryl methyl sites for hydroxylation is 1. The Morgan fingerprint density at radius 3 is 2.56 bits per heavy atom. The van der Waals surface area contributed by atoms with Gasteiger partial charge in [-0.05, 0) is 42.6 Å². The van der Waals surface area contributed by atoms with Gasteiger partial charge >= 0.3 is 0 Å². The smallest absolute Gasteiger partial charge is 0.278 e. The SMILES string of the molecule is Cc1nc(CN(C(=O)c2csc(-c3ccsc3)n2)c2ccc(F)cc2)cs1. The van der Waals surface area contributed by atoms with Crippen molar-refractivity contribution in [3.8, 4) is 10.6 Å². The van der Waals surface area contributed by atoms with Crippen LogP contribution in [0.4, 0.5) is 10.1 Å². The Balaban J connectivity index is 1.66. The average molecular weight is 416 g/mol. The minimum absolute atomic E-state index is 0.231. The monoisotopic (exact) mass is 415 g/mol. The van der Waals surface area contributed by atoms with E-state index in [1.807, 2.05) is 29.1 Å². The van der Waals surface area contributed by atoms with Crippen molar-refractivity contribution in [2.75, 3.05) is 4.90 Å². The Bertz CT molecular complexity index is 1050. The number of thiophene rings is 1. The van der Waals surface area contributed by atoms with Crippen LogP contribution in [0.3, 0.4) is 0 Å². The number of halogens is 1. The number of carbonyl (C=O) groups excluding carboxylic acids is 1. The van der Waals surface area contributed by atoms with E-state index < -0.39 is 0 Å². The third-order valence-electron chi connectivity index (χ3n) is 3.86. The van der Waals surface area contributed by atoms with Crippen LogP contribution in [0.5, 0.6) is 0 Å². The second-order valence-corrected chi connectivity index (χ2v) is 8.48. The molecule has 4 aromatic rings. The minimum Gasteiger partial charge on any atom is -0.301 e. The van der Waals surface area contributed by atoms with Gasteiger partial charge in [0.05, 0.1) is 17.2 Å². The fourth-order valence-corrected chi connectivity index (χ4v) is 4.68. The maximum absolute atomic E-state index is 13.3. The molecule has 1 amide bonds. The fraction of sp³-hybridized carbons (Fsp3) is 0.105. The van der Waals surface area contributed by atoms with Crippen LogP contribution in [0.2, 0.25) is 0 Å². The Labute approximate surface area is 167 Å². The molecule has 0 radical (unpaired) electrons. The lowest BCUT2D eigenvalue weighted by molar-refractivity contribution is 0.0980. The maximum atomic E-state index is 13.3. The first kappa shape index (κ1) is 18.0. The summed E-state index contributed by atoms with van der Waals surface area (Å²) in [6.07, 6.45) is 0. The first-order valence-electron chi connectivity index (χ1n) is 8.06. The van der Waals surface area contributed by atoms with Gasteiger partial charge in [0.15, 0.2) is 0 Å². The third kappa shape index (κ3) is 3.97. The Morgan fingerprint density at radius 2 is 1.89 bits per heavy atom. The van der Waals surface area contributed by atoms with Crippen molar-refractivity contribution >= 4 is 45.6 Å². The van der Waals surface area contributed by atoms with Gasteiger partial charge in [-0.25, -0.2) is 14.4 Å². The van der Waals surface area contributed by atoms with Gasteiger partial charge in [0.1, 0.15) is 16.5 Å². The summed E-state index contributed by atoms with van der Waals surface area (Å²) in [6.45, 7) is 2.23. The summed E-state index contributed by atoms with van der Waals surface area (Å²) in [5.74, 6) is -0.575. The van der Waals surface area contributed by atoms with E-state index in [0.29, 0.717) is 17.9 Å². The topological polar surface area (TPSA) is 46.1 Å². The average Bonchev–Trinajstić information content (AvgIpc) is 3.41. The van der Waals surface area contributed by atoms with E-state index in [-0.39, 0.29) is 11.7 Å². The molecule has 3 heterocycles. The van der Waals surface area contributed by atoms with Crippen molar-refractivity contribution in [3.05, 3.63) is 74.1 Å². The van der Waals surface area contributed by atoms with E-state index >= 15 is 0 Å². The largest absolute Gasteiger partial charge is 0.301 e. The first-order chi connectivity index (χ1) is 13.1. The summed E-state index contributed by atoms with van der Waals surface area (Å²) in [5.41, 5.74) is 2.78. The van der Waals surface area contributed by atoms with Crippen molar-refractivity contribution in [1.29, 1.82) is 0 Å². The standard InChI is InChI=1S/C19H14FN3OS3/c1-12-21-15(10-26-12)8-23(16-4-2-14(20)3-5-16)19(24)17-11-27-18(22-17)13-6-7-25-9-13/h2-7,9-11H,8H2,1H3. The molecule has 0 N–H and O–H groups in total. The molecule has 0 bridgehead atoms. The minimum atomic E-state index is -0.343. The molecule has 0 fully saturated rings. The molecule has 0 saturated heterocycles. The Hall–Kier alpha value is -2.42. The summed E-state index contributed by atoms with van der Waals surface area (Å²) in [4.78, 5) is 23.7. The Kier molecular flexibility index (Phi) is 5.11. The van der Waals surface area contributed by atoms with Gasteiger partial charge in [-0.15, -0.1) is 22.7 Å². The Morgan fingerprint density at radius 1 is 1.07 bits per heavy atom. The fourth-order valence-electron chi connectivity index (χ4n) is 2.57. The highest BCUT2D eigenvalue weighted by Gasteiger charge is 2.22. The maximum Gasteiger partial charge on any atom is 0.278 e. The second kappa shape index (κ2) is 7.67. The number of anilines is 1. The van der Waals surface area contributed by atoms with Gasteiger partial charge in [0.25, 0.3) is 5.91 Å². The van der Waals surface area contributed by atoms with Gasteiger partial charge in [-0.2, -0.15) is 11.3 Å². The molecule has 0 unspecified atom stereocenters. The van der Waals surface area contributed by atoms with Gasteiger partial charge in [0, 0.05) is 27.4 Å². The quantitative estimate of drug-likeness (QED) is 0.425. The van der Waals surface area contributed by atoms with Crippen LogP contribution in [0, 0.1) is 12.7 Å². The number of aromatic nitrogens is 2. The van der Waals surface area contributed by atoms with Crippen molar-refractivity contribution in [2.45, 2.75) is 13.5 Å². The summed E-state index contributed by atoms with van der Waals surface area (Å²) >= 11 is 4.56. The molecule has 0 spiro atoms. The van der Waals surface area contributed by atoms with Crippen LogP contribution in [0.15, 0.2) is 51.9 Å². The highest BCUT2D eigenvalue weighted by Crippen LogP contribution is 2.28. The molecule has 4 rings (SSSR count). The van der Waals surface area contributed by atoms with Crippen LogP contribution in [0.1, 0.15) is 21.2 Å². The number of hydrogen-bond donors (Lipinski definition) is 0. The number of benzene rings is 1. The van der Waals surface area contributed by atoms with Crippen LogP contribution in [-0.2, 0) is 6.54 Å². The summed E-state index contributed by atoms with van der Waals surface area (Å²) in [7, 11) is 0. The molecule has 8 heteroatoms. The molecule has 1 aromatic carbocycles. The predicted molar refractivity (Wildman–Crippen MR) is 109 cm³/mol. The zero-order valence-corrected chi connectivity index (χ0v) is 16.7. The number of hydrogen-bond acceptors (Lipinski definition) is 6. The van der Waals surface area contributed by atoms with Crippen LogP contribution in [-0.4, -0.2) is 15.9 Å².